The number of aryl methyl sites for hydroxylation is 1. The molecule has 1 fully saturated rings. The van der Waals surface area contributed by atoms with Crippen molar-refractivity contribution in [1.29, 1.82) is 10.8 Å². The van der Waals surface area contributed by atoms with Gasteiger partial charge in [0.15, 0.2) is 0 Å². The van der Waals surface area contributed by atoms with E-state index in [1.165, 1.54) is 22.9 Å². The van der Waals surface area contributed by atoms with Gasteiger partial charge in [0.1, 0.15) is 11.5 Å². The van der Waals surface area contributed by atoms with E-state index in [0.29, 0.717) is 16.9 Å². The van der Waals surface area contributed by atoms with Crippen LogP contribution in [-0.2, 0) is 4.79 Å². The minimum Gasteiger partial charge on any atom is -0.369 e. The number of benzene rings is 2. The summed E-state index contributed by atoms with van der Waals surface area (Å²) >= 11 is 0. The van der Waals surface area contributed by atoms with Crippen LogP contribution in [0.1, 0.15) is 15.9 Å². The van der Waals surface area contributed by atoms with Crippen LogP contribution in [0.4, 0.5) is 11.4 Å². The van der Waals surface area contributed by atoms with Crippen LogP contribution in [0.5, 0.6) is 0 Å². The second kappa shape index (κ2) is 12.9. The zero-order chi connectivity index (χ0) is 31.4. The summed E-state index contributed by atoms with van der Waals surface area (Å²) in [4.78, 5) is 39.4. The maximum atomic E-state index is 13.1. The lowest BCUT2D eigenvalue weighted by molar-refractivity contribution is -0.111. The fraction of sp³-hybridized carbons (Fsp3) is 0.242. The molecule has 2 amide bonds. The molecular formula is C33H37N9O2. The average Bonchev–Trinajstić information content (AvgIpc) is 3.43. The topological polar surface area (TPSA) is 144 Å². The Morgan fingerprint density at radius 3 is 2.48 bits per heavy atom. The van der Waals surface area contributed by atoms with Crippen LogP contribution in [0, 0.1) is 17.7 Å². The van der Waals surface area contributed by atoms with Crippen molar-refractivity contribution in [3.63, 3.8) is 0 Å². The van der Waals surface area contributed by atoms with Crippen molar-refractivity contribution >= 4 is 46.4 Å². The number of carbonyl (C=O) groups excluding carboxylic acids is 2. The van der Waals surface area contributed by atoms with Crippen molar-refractivity contribution in [3.05, 3.63) is 78.5 Å². The number of likely N-dealkylation sites (N-methyl/N-ethyl adjacent to an activating group) is 2. The summed E-state index contributed by atoms with van der Waals surface area (Å²) in [7, 11) is 3.72. The van der Waals surface area contributed by atoms with Crippen LogP contribution in [0.25, 0.3) is 33.4 Å². The maximum Gasteiger partial charge on any atom is 0.253 e. The lowest BCUT2D eigenvalue weighted by Crippen LogP contribution is -2.44. The summed E-state index contributed by atoms with van der Waals surface area (Å²) in [5, 5.41) is 21.7. The summed E-state index contributed by atoms with van der Waals surface area (Å²) in [5.41, 5.74) is 7.17. The third kappa shape index (κ3) is 6.37. The highest BCUT2D eigenvalue weighted by Gasteiger charge is 2.20. The van der Waals surface area contributed by atoms with Gasteiger partial charge in [0.05, 0.1) is 24.1 Å². The molecule has 0 saturated carbocycles. The Bertz CT molecular complexity index is 1730. The van der Waals surface area contributed by atoms with E-state index in [1.54, 1.807) is 13.1 Å². The third-order valence-corrected chi connectivity index (χ3v) is 7.94. The molecule has 3 heterocycles. The number of rotatable bonds is 9. The van der Waals surface area contributed by atoms with E-state index in [4.69, 9.17) is 10.8 Å². The van der Waals surface area contributed by atoms with Gasteiger partial charge >= 0.3 is 0 Å². The molecule has 11 nitrogen and oxygen atoms in total. The largest absolute Gasteiger partial charge is 0.369 e. The van der Waals surface area contributed by atoms with Crippen molar-refractivity contribution in [3.8, 4) is 22.4 Å². The van der Waals surface area contributed by atoms with Crippen LogP contribution in [0.15, 0.2) is 67.4 Å². The molecule has 2 aromatic heterocycles. The number of aromatic nitrogens is 2. The number of carbonyl (C=O) groups is 2. The standard InChI is InChI=1S/C33H37N9O2/c1-5-29(43)38-27-17-23(7-6-21(27)2)30-26-16-24(33(44)37-19-28(35)41(4)20-34)18-36-32(26)39-31(30)22-8-10-25(11-9-22)42-14-12-40(3)13-15-42/h5-11,16-18,20,34-35H,1,12-15,19H2,2-4H3,(H,36,39)(H,37,44)(H,38,43). The molecular weight excluding hydrogens is 554 g/mol. The van der Waals surface area contributed by atoms with Crippen molar-refractivity contribution in [2.24, 2.45) is 0 Å². The Morgan fingerprint density at radius 1 is 1.09 bits per heavy atom. The minimum absolute atomic E-state index is 0.0298. The zero-order valence-electron chi connectivity index (χ0n) is 25.2. The fourth-order valence-corrected chi connectivity index (χ4v) is 5.18. The summed E-state index contributed by atoms with van der Waals surface area (Å²) in [5.74, 6) is -0.597. The number of H-pyrrole nitrogens is 1. The van der Waals surface area contributed by atoms with Gasteiger partial charge in [0, 0.05) is 61.7 Å². The maximum absolute atomic E-state index is 13.1. The van der Waals surface area contributed by atoms with E-state index in [2.05, 4.69) is 68.3 Å². The molecule has 0 spiro atoms. The molecule has 0 aliphatic carbocycles. The first-order valence-corrected chi connectivity index (χ1v) is 14.4. The Labute approximate surface area is 256 Å². The molecule has 1 aliphatic heterocycles. The Hall–Kier alpha value is -5.29. The van der Waals surface area contributed by atoms with Crippen molar-refractivity contribution < 1.29 is 9.59 Å². The highest BCUT2D eigenvalue weighted by molar-refractivity contribution is 6.07. The number of pyridine rings is 1. The summed E-state index contributed by atoms with van der Waals surface area (Å²) in [6, 6.07) is 16.1. The van der Waals surface area contributed by atoms with Gasteiger partial charge in [-0.3, -0.25) is 20.4 Å². The van der Waals surface area contributed by atoms with E-state index in [1.807, 2.05) is 25.1 Å². The van der Waals surface area contributed by atoms with E-state index < -0.39 is 0 Å². The lowest BCUT2D eigenvalue weighted by atomic mass is 9.96. The molecule has 2 aromatic carbocycles. The van der Waals surface area contributed by atoms with E-state index in [-0.39, 0.29) is 24.2 Å². The van der Waals surface area contributed by atoms with Gasteiger partial charge in [0.25, 0.3) is 5.91 Å². The van der Waals surface area contributed by atoms with Gasteiger partial charge in [-0.05, 0) is 61.0 Å². The van der Waals surface area contributed by atoms with Gasteiger partial charge in [-0.2, -0.15) is 0 Å². The van der Waals surface area contributed by atoms with Gasteiger partial charge in [-0.25, -0.2) is 4.98 Å². The number of hydrogen-bond acceptors (Lipinski definition) is 7. The predicted molar refractivity (Wildman–Crippen MR) is 177 cm³/mol. The molecule has 0 radical (unpaired) electrons. The molecule has 0 atom stereocenters. The normalized spacial score (nSPS) is 13.4. The first-order valence-electron chi connectivity index (χ1n) is 14.4. The molecule has 5 rings (SSSR count). The molecule has 5 N–H and O–H groups in total. The van der Waals surface area contributed by atoms with E-state index in [9.17, 15) is 9.59 Å². The highest BCUT2D eigenvalue weighted by Crippen LogP contribution is 2.40. The number of aromatic amines is 1. The van der Waals surface area contributed by atoms with Gasteiger partial charge in [0.2, 0.25) is 5.91 Å². The number of nitrogens with zero attached hydrogens (tertiary/aromatic N) is 4. The SMILES string of the molecule is C=CC(=O)Nc1cc(-c2c(-c3ccc(N4CCN(C)CC4)cc3)[nH]c3ncc(C(=O)NCC(=N)N(C)C=N)cc23)ccc1C. The van der Waals surface area contributed by atoms with Gasteiger partial charge < -0.3 is 30.3 Å². The average molecular weight is 592 g/mol. The highest BCUT2D eigenvalue weighted by atomic mass is 16.2. The monoisotopic (exact) mass is 591 g/mol. The Kier molecular flexibility index (Phi) is 8.86. The third-order valence-electron chi connectivity index (χ3n) is 7.94. The second-order valence-corrected chi connectivity index (χ2v) is 10.9. The second-order valence-electron chi connectivity index (χ2n) is 10.9. The smallest absolute Gasteiger partial charge is 0.253 e. The molecule has 1 saturated heterocycles. The van der Waals surface area contributed by atoms with Crippen LogP contribution < -0.4 is 15.5 Å². The lowest BCUT2D eigenvalue weighted by Gasteiger charge is -2.34. The van der Waals surface area contributed by atoms with Gasteiger partial charge in [-0.15, -0.1) is 0 Å². The van der Waals surface area contributed by atoms with Crippen LogP contribution in [0.2, 0.25) is 0 Å². The van der Waals surface area contributed by atoms with Gasteiger partial charge in [-0.1, -0.05) is 30.8 Å². The summed E-state index contributed by atoms with van der Waals surface area (Å²) < 4.78 is 0. The minimum atomic E-state index is -0.379. The van der Waals surface area contributed by atoms with Crippen LogP contribution >= 0.6 is 0 Å². The van der Waals surface area contributed by atoms with Crippen LogP contribution in [-0.4, -0.2) is 90.6 Å². The molecule has 0 unspecified atom stereocenters. The van der Waals surface area contributed by atoms with Crippen molar-refractivity contribution in [2.75, 3.05) is 57.0 Å². The Balaban J connectivity index is 1.57. The molecule has 11 heteroatoms. The summed E-state index contributed by atoms with van der Waals surface area (Å²) in [6.45, 7) is 9.45. The quantitative estimate of drug-likeness (QED) is 0.111. The number of piperazine rings is 1. The number of amidine groups is 1. The number of anilines is 2. The number of amides is 2. The predicted octanol–water partition coefficient (Wildman–Crippen LogP) is 4.33. The fourth-order valence-electron chi connectivity index (χ4n) is 5.18. The van der Waals surface area contributed by atoms with Crippen molar-refractivity contribution in [2.45, 2.75) is 6.92 Å². The molecule has 4 aromatic rings. The number of nitrogens with one attached hydrogen (secondary N) is 5. The number of hydrogen-bond donors (Lipinski definition) is 5. The zero-order valence-corrected chi connectivity index (χ0v) is 25.2. The van der Waals surface area contributed by atoms with Crippen LogP contribution in [0.3, 0.4) is 0 Å². The molecule has 226 valence electrons. The molecule has 1 aliphatic rings. The van der Waals surface area contributed by atoms with Crippen molar-refractivity contribution in [1.82, 2.24) is 25.1 Å². The molecule has 0 bridgehead atoms. The van der Waals surface area contributed by atoms with E-state index >= 15 is 0 Å². The first-order chi connectivity index (χ1) is 21.2. The molecule has 44 heavy (non-hydrogen) atoms. The first kappa shape index (κ1) is 30.2. The number of fused-ring (bicyclic) bond motifs is 1. The summed E-state index contributed by atoms with van der Waals surface area (Å²) in [6.07, 6.45) is 3.76. The van der Waals surface area contributed by atoms with E-state index in [0.717, 1.165) is 65.9 Å². The Morgan fingerprint density at radius 2 is 1.80 bits per heavy atom.